The number of aliphatic carboxylic acids is 1. The van der Waals surface area contributed by atoms with Crippen LogP contribution in [-0.4, -0.2) is 22.0 Å². The molecule has 0 unspecified atom stereocenters. The monoisotopic (exact) mass is 322 g/mol. The molecule has 24 heavy (non-hydrogen) atoms. The molecule has 2 aromatic carbocycles. The highest BCUT2D eigenvalue weighted by Gasteiger charge is 2.08. The van der Waals surface area contributed by atoms with Crippen LogP contribution in [0.25, 0.3) is 22.6 Å². The largest absolute Gasteiger partial charge is 0.478 e. The standard InChI is InChI=1S/C18H14N2O4/c1-11-2-7-15-14(10-11)20-18(24-15)12-3-5-13(6-4-12)19-16(21)8-9-17(22)23/h2-10H,1H3,(H,19,21)(H,22,23). The molecule has 1 heterocycles. The maximum Gasteiger partial charge on any atom is 0.328 e. The summed E-state index contributed by atoms with van der Waals surface area (Å²) in [5.74, 6) is -1.19. The summed E-state index contributed by atoms with van der Waals surface area (Å²) >= 11 is 0. The van der Waals surface area contributed by atoms with Gasteiger partial charge in [-0.3, -0.25) is 4.79 Å². The van der Waals surface area contributed by atoms with Crippen LogP contribution in [0.1, 0.15) is 5.56 Å². The van der Waals surface area contributed by atoms with E-state index in [2.05, 4.69) is 10.3 Å². The van der Waals surface area contributed by atoms with Crippen molar-refractivity contribution in [1.82, 2.24) is 4.98 Å². The third-order valence-electron chi connectivity index (χ3n) is 3.32. The van der Waals surface area contributed by atoms with E-state index in [1.54, 1.807) is 24.3 Å². The fraction of sp³-hybridized carbons (Fsp3) is 0.0556. The van der Waals surface area contributed by atoms with Gasteiger partial charge in [-0.1, -0.05) is 6.07 Å². The first-order valence-corrected chi connectivity index (χ1v) is 7.21. The Labute approximate surface area is 137 Å². The molecule has 0 spiro atoms. The van der Waals surface area contributed by atoms with Gasteiger partial charge in [-0.25, -0.2) is 9.78 Å². The van der Waals surface area contributed by atoms with E-state index in [0.29, 0.717) is 17.2 Å². The number of hydrogen-bond acceptors (Lipinski definition) is 4. The molecule has 2 N–H and O–H groups in total. The van der Waals surface area contributed by atoms with Gasteiger partial charge in [0.2, 0.25) is 11.8 Å². The minimum atomic E-state index is -1.17. The summed E-state index contributed by atoms with van der Waals surface area (Å²) in [5.41, 5.74) is 3.94. The molecule has 0 radical (unpaired) electrons. The lowest BCUT2D eigenvalue weighted by Gasteiger charge is -2.02. The highest BCUT2D eigenvalue weighted by molar-refractivity contribution is 6.02. The Morgan fingerprint density at radius 2 is 1.88 bits per heavy atom. The summed E-state index contributed by atoms with van der Waals surface area (Å²) in [4.78, 5) is 26.4. The Kier molecular flexibility index (Phi) is 4.11. The van der Waals surface area contributed by atoms with E-state index in [1.807, 2.05) is 25.1 Å². The van der Waals surface area contributed by atoms with Crippen LogP contribution in [-0.2, 0) is 9.59 Å². The van der Waals surface area contributed by atoms with Crippen LogP contribution in [0, 0.1) is 6.92 Å². The third-order valence-corrected chi connectivity index (χ3v) is 3.32. The molecule has 0 aliphatic heterocycles. The van der Waals surface area contributed by atoms with Crippen LogP contribution in [0.3, 0.4) is 0 Å². The average Bonchev–Trinajstić information content (AvgIpc) is 2.96. The van der Waals surface area contributed by atoms with E-state index in [0.717, 1.165) is 28.8 Å². The highest BCUT2D eigenvalue weighted by atomic mass is 16.4. The first-order valence-electron chi connectivity index (χ1n) is 7.21. The number of carboxylic acid groups (broad SMARTS) is 1. The van der Waals surface area contributed by atoms with Crippen molar-refractivity contribution in [1.29, 1.82) is 0 Å². The summed E-state index contributed by atoms with van der Waals surface area (Å²) in [6.07, 6.45) is 1.74. The lowest BCUT2D eigenvalue weighted by atomic mass is 10.2. The zero-order chi connectivity index (χ0) is 17.1. The predicted octanol–water partition coefficient (Wildman–Crippen LogP) is 3.38. The maximum absolute atomic E-state index is 11.5. The number of nitrogens with one attached hydrogen (secondary N) is 1. The number of hydrogen-bond donors (Lipinski definition) is 2. The molecule has 3 rings (SSSR count). The third kappa shape index (κ3) is 3.49. The number of anilines is 1. The average molecular weight is 322 g/mol. The van der Waals surface area contributed by atoms with Crippen molar-refractivity contribution >= 4 is 28.7 Å². The van der Waals surface area contributed by atoms with Gasteiger partial charge in [0.25, 0.3) is 0 Å². The van der Waals surface area contributed by atoms with E-state index in [-0.39, 0.29) is 0 Å². The molecule has 1 amide bonds. The van der Waals surface area contributed by atoms with E-state index in [9.17, 15) is 9.59 Å². The molecular formula is C18H14N2O4. The van der Waals surface area contributed by atoms with E-state index < -0.39 is 11.9 Å². The second kappa shape index (κ2) is 6.37. The number of aromatic nitrogens is 1. The Hall–Kier alpha value is -3.41. The molecule has 120 valence electrons. The number of rotatable bonds is 4. The van der Waals surface area contributed by atoms with Gasteiger partial charge in [0.15, 0.2) is 5.58 Å². The van der Waals surface area contributed by atoms with Gasteiger partial charge in [0.1, 0.15) is 5.52 Å². The molecule has 0 aliphatic carbocycles. The number of carbonyl (C=O) groups is 2. The molecule has 0 bridgehead atoms. The van der Waals surface area contributed by atoms with Crippen molar-refractivity contribution in [2.24, 2.45) is 0 Å². The summed E-state index contributed by atoms with van der Waals surface area (Å²) in [6, 6.07) is 12.7. The van der Waals surface area contributed by atoms with Gasteiger partial charge < -0.3 is 14.8 Å². The zero-order valence-electron chi connectivity index (χ0n) is 12.8. The number of aryl methyl sites for hydroxylation is 1. The van der Waals surface area contributed by atoms with Crippen LogP contribution in [0.2, 0.25) is 0 Å². The molecule has 0 saturated carbocycles. The lowest BCUT2D eigenvalue weighted by molar-refractivity contribution is -0.131. The Balaban J connectivity index is 1.78. The minimum Gasteiger partial charge on any atom is -0.478 e. The number of carboxylic acids is 1. The first-order chi connectivity index (χ1) is 11.5. The van der Waals surface area contributed by atoms with E-state index in [1.165, 1.54) is 0 Å². The summed E-state index contributed by atoms with van der Waals surface area (Å²) in [6.45, 7) is 1.99. The van der Waals surface area contributed by atoms with Crippen LogP contribution < -0.4 is 5.32 Å². The number of amides is 1. The van der Waals surface area contributed by atoms with Crippen molar-refractivity contribution in [3.05, 3.63) is 60.2 Å². The van der Waals surface area contributed by atoms with Crippen LogP contribution in [0.5, 0.6) is 0 Å². The van der Waals surface area contributed by atoms with Gasteiger partial charge in [-0.2, -0.15) is 0 Å². The maximum atomic E-state index is 11.5. The van der Waals surface area contributed by atoms with Crippen LogP contribution in [0.4, 0.5) is 5.69 Å². The fourth-order valence-corrected chi connectivity index (χ4v) is 2.19. The molecule has 0 aliphatic rings. The summed E-state index contributed by atoms with van der Waals surface area (Å²) < 4.78 is 5.72. The van der Waals surface area contributed by atoms with Crippen molar-refractivity contribution in [3.8, 4) is 11.5 Å². The normalized spacial score (nSPS) is 11.0. The Morgan fingerprint density at radius 3 is 2.58 bits per heavy atom. The Morgan fingerprint density at radius 1 is 1.12 bits per heavy atom. The molecule has 1 aromatic heterocycles. The summed E-state index contributed by atoms with van der Waals surface area (Å²) in [7, 11) is 0. The smallest absolute Gasteiger partial charge is 0.328 e. The number of oxazole rings is 1. The SMILES string of the molecule is Cc1ccc2oc(-c3ccc(NC(=O)C=CC(=O)O)cc3)nc2c1. The number of benzene rings is 2. The topological polar surface area (TPSA) is 92.4 Å². The van der Waals surface area contributed by atoms with Crippen molar-refractivity contribution in [3.63, 3.8) is 0 Å². The fourth-order valence-electron chi connectivity index (χ4n) is 2.19. The highest BCUT2D eigenvalue weighted by Crippen LogP contribution is 2.25. The predicted molar refractivity (Wildman–Crippen MR) is 89.6 cm³/mol. The second-order valence-electron chi connectivity index (χ2n) is 5.23. The molecular weight excluding hydrogens is 308 g/mol. The first kappa shape index (κ1) is 15.5. The number of fused-ring (bicyclic) bond motifs is 1. The summed E-state index contributed by atoms with van der Waals surface area (Å²) in [5, 5.41) is 11.1. The molecule has 0 atom stereocenters. The molecule has 6 nitrogen and oxygen atoms in total. The molecule has 6 heteroatoms. The number of carbonyl (C=O) groups excluding carboxylic acids is 1. The molecule has 0 fully saturated rings. The van der Waals surface area contributed by atoms with Crippen molar-refractivity contribution < 1.29 is 19.1 Å². The van der Waals surface area contributed by atoms with Crippen LogP contribution >= 0.6 is 0 Å². The quantitative estimate of drug-likeness (QED) is 0.718. The number of nitrogens with zero attached hydrogens (tertiary/aromatic N) is 1. The second-order valence-corrected chi connectivity index (χ2v) is 5.23. The van der Waals surface area contributed by atoms with Gasteiger partial charge in [0.05, 0.1) is 0 Å². The van der Waals surface area contributed by atoms with Gasteiger partial charge in [0, 0.05) is 23.4 Å². The van der Waals surface area contributed by atoms with Crippen molar-refractivity contribution in [2.75, 3.05) is 5.32 Å². The zero-order valence-corrected chi connectivity index (χ0v) is 12.8. The van der Waals surface area contributed by atoms with E-state index in [4.69, 9.17) is 9.52 Å². The van der Waals surface area contributed by atoms with Crippen molar-refractivity contribution in [2.45, 2.75) is 6.92 Å². The Bertz CT molecular complexity index is 939. The lowest BCUT2D eigenvalue weighted by Crippen LogP contribution is -2.08. The molecule has 0 saturated heterocycles. The van der Waals surface area contributed by atoms with Gasteiger partial charge in [-0.15, -0.1) is 0 Å². The van der Waals surface area contributed by atoms with Gasteiger partial charge >= 0.3 is 5.97 Å². The van der Waals surface area contributed by atoms with E-state index >= 15 is 0 Å². The minimum absolute atomic E-state index is 0.499. The van der Waals surface area contributed by atoms with Crippen LogP contribution in [0.15, 0.2) is 59.0 Å². The van der Waals surface area contributed by atoms with Gasteiger partial charge in [-0.05, 0) is 48.9 Å². The molecule has 3 aromatic rings.